The summed E-state index contributed by atoms with van der Waals surface area (Å²) < 4.78 is 5.45. The third kappa shape index (κ3) is 4.15. The maximum atomic E-state index is 13.1. The van der Waals surface area contributed by atoms with Crippen molar-refractivity contribution in [2.24, 2.45) is 7.05 Å². The molecule has 0 atom stereocenters. The standard InChI is InChI=1S/C28H29N5O3/c1-17-15-24(18(2)32(17)22-13-14-22)27(35)29-21-10-8-9-20(16-21)26(34)30-25-19(3)31(4)33(28(25)36)23-11-6-5-7-12-23/h5-12,15-16,22H,13-14H2,1-4H3,(H,29,35)(H,30,34). The van der Waals surface area contributed by atoms with E-state index < -0.39 is 5.91 Å². The molecule has 5 rings (SSSR count). The highest BCUT2D eigenvalue weighted by molar-refractivity contribution is 6.08. The van der Waals surface area contributed by atoms with Gasteiger partial charge in [-0.15, -0.1) is 0 Å². The average Bonchev–Trinajstić information content (AvgIpc) is 3.62. The molecule has 1 saturated carbocycles. The number of carbonyl (C=O) groups excluding carboxylic acids is 2. The quantitative estimate of drug-likeness (QED) is 0.415. The lowest BCUT2D eigenvalue weighted by molar-refractivity contribution is 0.101. The predicted molar refractivity (Wildman–Crippen MR) is 140 cm³/mol. The van der Waals surface area contributed by atoms with Gasteiger partial charge in [0, 0.05) is 35.7 Å². The van der Waals surface area contributed by atoms with Crippen molar-refractivity contribution >= 4 is 23.2 Å². The molecule has 2 heterocycles. The van der Waals surface area contributed by atoms with Gasteiger partial charge >= 0.3 is 0 Å². The highest BCUT2D eigenvalue weighted by atomic mass is 16.2. The lowest BCUT2D eigenvalue weighted by atomic mass is 10.1. The first-order valence-corrected chi connectivity index (χ1v) is 12.0. The number of amides is 2. The summed E-state index contributed by atoms with van der Waals surface area (Å²) in [4.78, 5) is 39.2. The van der Waals surface area contributed by atoms with Gasteiger partial charge in [-0.25, -0.2) is 4.68 Å². The van der Waals surface area contributed by atoms with Gasteiger partial charge in [-0.2, -0.15) is 0 Å². The highest BCUT2D eigenvalue weighted by Crippen LogP contribution is 2.38. The summed E-state index contributed by atoms with van der Waals surface area (Å²) in [5, 5.41) is 5.68. The Hall–Kier alpha value is -4.33. The monoisotopic (exact) mass is 483 g/mol. The summed E-state index contributed by atoms with van der Waals surface area (Å²) in [6.07, 6.45) is 2.29. The lowest BCUT2D eigenvalue weighted by Crippen LogP contribution is -2.23. The number of aryl methyl sites for hydroxylation is 1. The summed E-state index contributed by atoms with van der Waals surface area (Å²) in [6.45, 7) is 5.77. The number of anilines is 2. The smallest absolute Gasteiger partial charge is 0.295 e. The molecule has 1 fully saturated rings. The Kier molecular flexibility index (Phi) is 5.88. The van der Waals surface area contributed by atoms with E-state index in [-0.39, 0.29) is 17.2 Å². The molecule has 1 aliphatic carbocycles. The van der Waals surface area contributed by atoms with Crippen LogP contribution >= 0.6 is 0 Å². The molecule has 2 aromatic carbocycles. The maximum Gasteiger partial charge on any atom is 0.295 e. The van der Waals surface area contributed by atoms with E-state index in [9.17, 15) is 14.4 Å². The molecule has 1 aliphatic rings. The molecule has 2 N–H and O–H groups in total. The van der Waals surface area contributed by atoms with E-state index in [0.717, 1.165) is 24.2 Å². The number of hydrogen-bond donors (Lipinski definition) is 2. The zero-order valence-corrected chi connectivity index (χ0v) is 20.8. The first kappa shape index (κ1) is 23.4. The zero-order valence-electron chi connectivity index (χ0n) is 20.8. The number of para-hydroxylation sites is 1. The van der Waals surface area contributed by atoms with Gasteiger partial charge in [0.1, 0.15) is 5.69 Å². The predicted octanol–water partition coefficient (Wildman–Crippen LogP) is 4.74. The molecular weight excluding hydrogens is 454 g/mol. The van der Waals surface area contributed by atoms with Crippen LogP contribution in [-0.4, -0.2) is 25.7 Å². The van der Waals surface area contributed by atoms with Gasteiger partial charge in [-0.05, 0) is 70.0 Å². The van der Waals surface area contributed by atoms with E-state index in [2.05, 4.69) is 15.2 Å². The Bertz CT molecular complexity index is 1540. The van der Waals surface area contributed by atoms with Crippen molar-refractivity contribution in [2.75, 3.05) is 10.6 Å². The first-order chi connectivity index (χ1) is 17.3. The summed E-state index contributed by atoms with van der Waals surface area (Å²) in [6, 6.07) is 18.4. The molecule has 0 spiro atoms. The first-order valence-electron chi connectivity index (χ1n) is 12.0. The largest absolute Gasteiger partial charge is 0.345 e. The number of benzene rings is 2. The molecule has 184 valence electrons. The van der Waals surface area contributed by atoms with Gasteiger partial charge in [0.15, 0.2) is 0 Å². The van der Waals surface area contributed by atoms with E-state index in [1.54, 1.807) is 42.9 Å². The minimum absolute atomic E-state index is 0.211. The minimum atomic E-state index is -0.427. The fraction of sp³-hybridized carbons (Fsp3) is 0.250. The van der Waals surface area contributed by atoms with Gasteiger partial charge in [-0.3, -0.25) is 19.1 Å². The van der Waals surface area contributed by atoms with E-state index in [1.165, 1.54) is 4.68 Å². The molecule has 0 saturated heterocycles. The fourth-order valence-electron chi connectivity index (χ4n) is 4.74. The zero-order chi connectivity index (χ0) is 25.6. The fourth-order valence-corrected chi connectivity index (χ4v) is 4.74. The van der Waals surface area contributed by atoms with Gasteiger partial charge in [0.2, 0.25) is 0 Å². The van der Waals surface area contributed by atoms with Crippen LogP contribution in [0, 0.1) is 20.8 Å². The van der Waals surface area contributed by atoms with Crippen LogP contribution in [-0.2, 0) is 7.05 Å². The second-order valence-corrected chi connectivity index (χ2v) is 9.31. The normalized spacial score (nSPS) is 13.0. The van der Waals surface area contributed by atoms with Crippen LogP contribution < -0.4 is 16.2 Å². The molecule has 36 heavy (non-hydrogen) atoms. The summed E-state index contributed by atoms with van der Waals surface area (Å²) in [5.41, 5.74) is 4.75. The van der Waals surface area contributed by atoms with Gasteiger partial charge in [0.25, 0.3) is 17.4 Å². The van der Waals surface area contributed by atoms with Crippen LogP contribution in [0.15, 0.2) is 65.5 Å². The van der Waals surface area contributed by atoms with Crippen molar-refractivity contribution in [3.63, 3.8) is 0 Å². The molecular formula is C28H29N5O3. The van der Waals surface area contributed by atoms with Gasteiger partial charge in [-0.1, -0.05) is 24.3 Å². The van der Waals surface area contributed by atoms with Crippen LogP contribution in [0.5, 0.6) is 0 Å². The number of hydrogen-bond acceptors (Lipinski definition) is 3. The van der Waals surface area contributed by atoms with E-state index in [4.69, 9.17) is 0 Å². The maximum absolute atomic E-state index is 13.1. The number of carbonyl (C=O) groups is 2. The lowest BCUT2D eigenvalue weighted by Gasteiger charge is -2.09. The van der Waals surface area contributed by atoms with Crippen LogP contribution in [0.1, 0.15) is 56.7 Å². The Labute approximate surface area is 209 Å². The molecule has 8 nitrogen and oxygen atoms in total. The molecule has 2 amide bonds. The van der Waals surface area contributed by atoms with Crippen molar-refractivity contribution in [3.05, 3.63) is 99.2 Å². The van der Waals surface area contributed by atoms with E-state index in [0.29, 0.717) is 34.2 Å². The summed E-state index contributed by atoms with van der Waals surface area (Å²) in [7, 11) is 1.77. The minimum Gasteiger partial charge on any atom is -0.345 e. The van der Waals surface area contributed by atoms with Crippen molar-refractivity contribution in [2.45, 2.75) is 39.7 Å². The third-order valence-corrected chi connectivity index (χ3v) is 6.82. The number of aromatic nitrogens is 3. The Morgan fingerprint density at radius 2 is 1.58 bits per heavy atom. The molecule has 0 bridgehead atoms. The third-order valence-electron chi connectivity index (χ3n) is 6.82. The number of nitrogens with zero attached hydrogens (tertiary/aromatic N) is 3. The van der Waals surface area contributed by atoms with Crippen molar-refractivity contribution in [1.29, 1.82) is 0 Å². The van der Waals surface area contributed by atoms with E-state index in [1.807, 2.05) is 50.2 Å². The van der Waals surface area contributed by atoms with Gasteiger partial charge < -0.3 is 15.2 Å². The number of rotatable bonds is 6. The topological polar surface area (TPSA) is 90.1 Å². The SMILES string of the molecule is Cc1cc(C(=O)Nc2cccc(C(=O)Nc3c(C)n(C)n(-c4ccccc4)c3=O)c2)c(C)n1C1CC1. The van der Waals surface area contributed by atoms with Crippen molar-refractivity contribution < 1.29 is 9.59 Å². The molecule has 0 radical (unpaired) electrons. The van der Waals surface area contributed by atoms with Crippen molar-refractivity contribution in [3.8, 4) is 5.69 Å². The van der Waals surface area contributed by atoms with Crippen LogP contribution in [0.3, 0.4) is 0 Å². The van der Waals surface area contributed by atoms with Gasteiger partial charge in [0.05, 0.1) is 16.9 Å². The van der Waals surface area contributed by atoms with E-state index >= 15 is 0 Å². The highest BCUT2D eigenvalue weighted by Gasteiger charge is 2.28. The van der Waals surface area contributed by atoms with Crippen molar-refractivity contribution in [1.82, 2.24) is 13.9 Å². The Balaban J connectivity index is 1.36. The van der Waals surface area contributed by atoms with Crippen LogP contribution in [0.4, 0.5) is 11.4 Å². The molecule has 0 aliphatic heterocycles. The second-order valence-electron chi connectivity index (χ2n) is 9.31. The Morgan fingerprint density at radius 3 is 2.28 bits per heavy atom. The van der Waals surface area contributed by atoms with Crippen LogP contribution in [0.2, 0.25) is 0 Å². The second kappa shape index (κ2) is 9.03. The summed E-state index contributed by atoms with van der Waals surface area (Å²) >= 11 is 0. The van der Waals surface area contributed by atoms with Crippen LogP contribution in [0.25, 0.3) is 5.69 Å². The average molecular weight is 484 g/mol. The molecule has 0 unspecified atom stereocenters. The Morgan fingerprint density at radius 1 is 0.861 bits per heavy atom. The molecule has 8 heteroatoms. The molecule has 4 aromatic rings. The number of nitrogens with one attached hydrogen (secondary N) is 2. The molecule has 2 aromatic heterocycles. The summed E-state index contributed by atoms with van der Waals surface area (Å²) in [5.74, 6) is -0.638.